The normalized spacial score (nSPS) is 20.6. The molecule has 0 spiro atoms. The van der Waals surface area contributed by atoms with Gasteiger partial charge in [-0.2, -0.15) is 0 Å². The van der Waals surface area contributed by atoms with Crippen LogP contribution in [0, 0.1) is 90.6 Å². The van der Waals surface area contributed by atoms with E-state index in [1.807, 2.05) is 0 Å². The molecule has 0 heterocycles. The summed E-state index contributed by atoms with van der Waals surface area (Å²) in [6, 6.07) is 9.11. The van der Waals surface area contributed by atoms with E-state index in [0.29, 0.717) is 0 Å². The molecule has 2 aromatic carbocycles. The molecule has 4 aliphatic rings. The third kappa shape index (κ3) is 9.81. The molecule has 0 aliphatic heterocycles. The second kappa shape index (κ2) is 19.1. The summed E-state index contributed by atoms with van der Waals surface area (Å²) >= 11 is 0. The van der Waals surface area contributed by atoms with Crippen molar-refractivity contribution in [1.82, 2.24) is 0 Å². The van der Waals surface area contributed by atoms with Crippen molar-refractivity contribution in [3.05, 3.63) is 109 Å². The molecule has 254 valence electrons. The molecule has 4 saturated carbocycles. The average molecular weight is 711 g/mol. The van der Waals surface area contributed by atoms with E-state index in [1.54, 1.807) is 20.1 Å². The largest absolute Gasteiger partial charge is 0.496 e. The summed E-state index contributed by atoms with van der Waals surface area (Å²) in [7, 11) is 3.05. The third-order valence-electron chi connectivity index (χ3n) is 10.3. The van der Waals surface area contributed by atoms with Gasteiger partial charge in [-0.25, -0.2) is 0 Å². The van der Waals surface area contributed by atoms with Crippen molar-refractivity contribution in [3.8, 4) is 11.5 Å². The van der Waals surface area contributed by atoms with Crippen molar-refractivity contribution in [2.24, 2.45) is 0 Å². The summed E-state index contributed by atoms with van der Waals surface area (Å²) in [6.07, 6.45) is 33.1. The Hall–Kier alpha value is -0.581. The van der Waals surface area contributed by atoms with Gasteiger partial charge in [0, 0.05) is 22.7 Å². The van der Waals surface area contributed by atoms with Gasteiger partial charge in [-0.15, -0.1) is 0 Å². The SMILES string of the molecule is COc1c(C)cc(P([C]2[CH][CH][CH][CH]2)c2cc(C)c(OC)c(C)c2)cc1C.C[C@H]([C]1[CH][CH][CH][CH]1)P(C1CCCCC1)C1CCCCC1.[Fe]. The van der Waals surface area contributed by atoms with Gasteiger partial charge in [0.15, 0.2) is 0 Å². The summed E-state index contributed by atoms with van der Waals surface area (Å²) in [6.45, 7) is 11.0. The summed E-state index contributed by atoms with van der Waals surface area (Å²) in [4.78, 5) is 0. The van der Waals surface area contributed by atoms with E-state index in [2.05, 4.69) is 110 Å². The number of benzene rings is 2. The Kier molecular flexibility index (Phi) is 16.0. The molecule has 0 amide bonds. The van der Waals surface area contributed by atoms with Gasteiger partial charge in [-0.1, -0.05) is 53.4 Å². The van der Waals surface area contributed by atoms with Gasteiger partial charge in [-0.05, 0) is 193 Å². The number of rotatable bonds is 9. The van der Waals surface area contributed by atoms with Gasteiger partial charge in [0.2, 0.25) is 0 Å². The Balaban J connectivity index is 0.000000215. The molecule has 4 fully saturated rings. The molecule has 4 aliphatic carbocycles. The minimum absolute atomic E-state index is 0. The van der Waals surface area contributed by atoms with Crippen molar-refractivity contribution in [1.29, 1.82) is 0 Å². The Morgan fingerprint density at radius 2 is 0.936 bits per heavy atom. The summed E-state index contributed by atoms with van der Waals surface area (Å²) in [5.74, 6) is 3.59. The van der Waals surface area contributed by atoms with Crippen molar-refractivity contribution >= 4 is 26.5 Å². The molecule has 0 saturated heterocycles. The Bertz CT molecular complexity index is 1120. The molecule has 2 aromatic rings. The van der Waals surface area contributed by atoms with Crippen LogP contribution in [-0.4, -0.2) is 31.2 Å². The van der Waals surface area contributed by atoms with E-state index >= 15 is 0 Å². The standard InChI is InChI=1S/C23H26O2P.C19H30P.Fe/c1-15-11-20(12-16(2)22(15)24-5)26(19-9-7-8-10-19)21-13-17(3)23(25-6)18(4)14-21;1-16(17-10-8-9-11-17)20(18-12-4-2-5-13-18)19-14-6-3-7-15-19;/h7-14H,1-6H3;8-11,16,18-19H,2-7,12-15H2,1H3;/t;16-;/m.1./s1. The van der Waals surface area contributed by atoms with Crippen LogP contribution in [0.2, 0.25) is 0 Å². The first-order valence-corrected chi connectivity index (χ1v) is 20.5. The molecular weight excluding hydrogens is 654 g/mol. The summed E-state index contributed by atoms with van der Waals surface area (Å²) < 4.78 is 11.1. The molecular formula is C42H56FeO2P2. The molecule has 5 heteroatoms. The fourth-order valence-electron chi connectivity index (χ4n) is 8.25. The Labute approximate surface area is 302 Å². The molecule has 0 N–H and O–H groups in total. The third-order valence-corrected chi connectivity index (χ3v) is 16.6. The molecule has 1 atom stereocenters. The van der Waals surface area contributed by atoms with Gasteiger partial charge < -0.3 is 9.47 Å². The first kappa shape index (κ1) is 39.2. The zero-order valence-electron chi connectivity index (χ0n) is 29.8. The van der Waals surface area contributed by atoms with E-state index in [4.69, 9.17) is 9.47 Å². The fourth-order valence-corrected chi connectivity index (χ4v) is 15.2. The second-order valence-electron chi connectivity index (χ2n) is 13.6. The number of ether oxygens (including phenoxy) is 2. The van der Waals surface area contributed by atoms with Crippen LogP contribution in [0.25, 0.3) is 0 Å². The van der Waals surface area contributed by atoms with Crippen LogP contribution in [0.5, 0.6) is 11.5 Å². The van der Waals surface area contributed by atoms with Crippen LogP contribution in [0.15, 0.2) is 24.3 Å². The zero-order chi connectivity index (χ0) is 32.6. The minimum Gasteiger partial charge on any atom is -0.496 e. The maximum Gasteiger partial charge on any atom is 0.124 e. The van der Waals surface area contributed by atoms with E-state index in [-0.39, 0.29) is 25.0 Å². The van der Waals surface area contributed by atoms with E-state index in [0.717, 1.165) is 28.5 Å². The molecule has 0 aromatic heterocycles. The maximum atomic E-state index is 5.57. The fraction of sp³-hybridized carbons (Fsp3) is 0.476. The van der Waals surface area contributed by atoms with Crippen molar-refractivity contribution < 1.29 is 26.5 Å². The quantitative estimate of drug-likeness (QED) is 0.191. The average Bonchev–Trinajstić information content (AvgIpc) is 3.78. The predicted octanol–water partition coefficient (Wildman–Crippen LogP) is 10.7. The first-order chi connectivity index (χ1) is 22.3. The molecule has 0 bridgehead atoms. The molecule has 6 rings (SSSR count). The van der Waals surface area contributed by atoms with Gasteiger partial charge in [0.05, 0.1) is 14.2 Å². The van der Waals surface area contributed by atoms with Crippen LogP contribution < -0.4 is 20.1 Å². The van der Waals surface area contributed by atoms with Crippen molar-refractivity contribution in [2.75, 3.05) is 14.2 Å². The maximum absolute atomic E-state index is 5.57. The first-order valence-electron chi connectivity index (χ1n) is 17.6. The topological polar surface area (TPSA) is 18.5 Å². The number of hydrogen-bond donors (Lipinski definition) is 0. The smallest absolute Gasteiger partial charge is 0.124 e. The van der Waals surface area contributed by atoms with Gasteiger partial charge in [0.1, 0.15) is 11.5 Å². The molecule has 0 unspecified atom stereocenters. The van der Waals surface area contributed by atoms with E-state index in [1.165, 1.54) is 103 Å². The van der Waals surface area contributed by atoms with Crippen molar-refractivity contribution in [2.45, 2.75) is 116 Å². The predicted molar refractivity (Wildman–Crippen MR) is 202 cm³/mol. The van der Waals surface area contributed by atoms with Crippen LogP contribution >= 0.6 is 15.8 Å². The van der Waals surface area contributed by atoms with Gasteiger partial charge in [0.25, 0.3) is 0 Å². The van der Waals surface area contributed by atoms with Crippen LogP contribution in [0.3, 0.4) is 0 Å². The Morgan fingerprint density at radius 3 is 1.30 bits per heavy atom. The summed E-state index contributed by atoms with van der Waals surface area (Å²) in [5, 5.41) is 2.71. The molecule has 10 radical (unpaired) electrons. The van der Waals surface area contributed by atoms with Crippen LogP contribution in [0.4, 0.5) is 0 Å². The number of methoxy groups -OCH3 is 2. The van der Waals surface area contributed by atoms with E-state index in [9.17, 15) is 0 Å². The summed E-state index contributed by atoms with van der Waals surface area (Å²) in [5.41, 5.74) is 9.09. The van der Waals surface area contributed by atoms with E-state index < -0.39 is 7.92 Å². The van der Waals surface area contributed by atoms with Gasteiger partial charge in [-0.3, -0.25) is 0 Å². The van der Waals surface area contributed by atoms with Crippen LogP contribution in [0.1, 0.15) is 93.4 Å². The molecule has 47 heavy (non-hydrogen) atoms. The Morgan fingerprint density at radius 1 is 0.574 bits per heavy atom. The minimum atomic E-state index is -0.620. The molecule has 2 nitrogen and oxygen atoms in total. The number of hydrogen-bond acceptors (Lipinski definition) is 2. The van der Waals surface area contributed by atoms with Gasteiger partial charge >= 0.3 is 0 Å². The second-order valence-corrected chi connectivity index (χ2v) is 19.0. The number of aryl methyl sites for hydroxylation is 4. The van der Waals surface area contributed by atoms with Crippen molar-refractivity contribution in [3.63, 3.8) is 0 Å². The monoisotopic (exact) mass is 710 g/mol. The zero-order valence-corrected chi connectivity index (χ0v) is 32.7. The van der Waals surface area contributed by atoms with Crippen LogP contribution in [-0.2, 0) is 17.1 Å².